The van der Waals surface area contributed by atoms with Crippen LogP contribution in [-0.4, -0.2) is 13.0 Å². The third kappa shape index (κ3) is 3.32. The van der Waals surface area contributed by atoms with E-state index in [1.165, 1.54) is 0 Å². The van der Waals surface area contributed by atoms with Crippen LogP contribution in [0.3, 0.4) is 0 Å². The van der Waals surface area contributed by atoms with Crippen LogP contribution < -0.4 is 10.1 Å². The fourth-order valence-electron chi connectivity index (χ4n) is 1.66. The summed E-state index contributed by atoms with van der Waals surface area (Å²) in [5.41, 5.74) is 2.15. The van der Waals surface area contributed by atoms with Crippen molar-refractivity contribution >= 4 is 39.1 Å². The fourth-order valence-corrected chi connectivity index (χ4v) is 2.20. The number of amides is 1. The van der Waals surface area contributed by atoms with E-state index in [9.17, 15) is 4.79 Å². The molecule has 0 spiro atoms. The number of benzene rings is 2. The molecule has 0 atom stereocenters. The van der Waals surface area contributed by atoms with Gasteiger partial charge in [-0.15, -0.1) is 0 Å². The summed E-state index contributed by atoms with van der Waals surface area (Å²) >= 11 is 9.47. The first-order valence-corrected chi connectivity index (χ1v) is 7.09. The zero-order valence-electron chi connectivity index (χ0n) is 11.0. The third-order valence-corrected chi connectivity index (χ3v) is 4.04. The molecular formula is C15H13BrClNO2. The summed E-state index contributed by atoms with van der Waals surface area (Å²) in [6, 6.07) is 10.5. The average molecular weight is 355 g/mol. The van der Waals surface area contributed by atoms with Crippen LogP contribution >= 0.6 is 27.5 Å². The van der Waals surface area contributed by atoms with Gasteiger partial charge in [-0.3, -0.25) is 4.79 Å². The van der Waals surface area contributed by atoms with Crippen molar-refractivity contribution in [3.8, 4) is 5.75 Å². The lowest BCUT2D eigenvalue weighted by Gasteiger charge is -2.10. The van der Waals surface area contributed by atoms with Crippen molar-refractivity contribution in [2.75, 3.05) is 12.4 Å². The lowest BCUT2D eigenvalue weighted by atomic mass is 10.1. The van der Waals surface area contributed by atoms with E-state index >= 15 is 0 Å². The molecule has 0 aromatic heterocycles. The van der Waals surface area contributed by atoms with Gasteiger partial charge >= 0.3 is 0 Å². The fraction of sp³-hybridized carbons (Fsp3) is 0.133. The topological polar surface area (TPSA) is 38.3 Å². The highest BCUT2D eigenvalue weighted by Gasteiger charge is 2.10. The molecule has 0 unspecified atom stereocenters. The molecule has 104 valence electrons. The van der Waals surface area contributed by atoms with Gasteiger partial charge in [0.1, 0.15) is 5.75 Å². The van der Waals surface area contributed by atoms with E-state index in [2.05, 4.69) is 21.2 Å². The van der Waals surface area contributed by atoms with Crippen LogP contribution in [0.4, 0.5) is 5.69 Å². The number of carbonyl (C=O) groups is 1. The predicted octanol–water partition coefficient (Wildman–Crippen LogP) is 4.67. The highest BCUT2D eigenvalue weighted by Crippen LogP contribution is 2.27. The molecule has 0 radical (unpaired) electrons. The van der Waals surface area contributed by atoms with Crippen molar-refractivity contribution in [3.63, 3.8) is 0 Å². The molecule has 1 amide bonds. The van der Waals surface area contributed by atoms with Gasteiger partial charge in [-0.2, -0.15) is 0 Å². The summed E-state index contributed by atoms with van der Waals surface area (Å²) in [4.78, 5) is 12.2. The first-order chi connectivity index (χ1) is 9.51. The number of aryl methyl sites for hydroxylation is 1. The van der Waals surface area contributed by atoms with Gasteiger partial charge in [-0.05, 0) is 36.8 Å². The van der Waals surface area contributed by atoms with Crippen molar-refractivity contribution in [2.45, 2.75) is 6.92 Å². The van der Waals surface area contributed by atoms with Crippen molar-refractivity contribution in [1.82, 2.24) is 0 Å². The smallest absolute Gasteiger partial charge is 0.255 e. The second kappa shape index (κ2) is 6.29. The minimum Gasteiger partial charge on any atom is -0.497 e. The molecule has 3 nitrogen and oxygen atoms in total. The van der Waals surface area contributed by atoms with Gasteiger partial charge in [0.25, 0.3) is 5.91 Å². The molecule has 1 N–H and O–H groups in total. The zero-order chi connectivity index (χ0) is 14.7. The number of carbonyl (C=O) groups excluding carboxylic acids is 1. The molecule has 0 fully saturated rings. The predicted molar refractivity (Wildman–Crippen MR) is 84.8 cm³/mol. The number of hydrogen-bond donors (Lipinski definition) is 1. The Hall–Kier alpha value is -1.52. The van der Waals surface area contributed by atoms with Crippen LogP contribution in [0, 0.1) is 6.92 Å². The molecule has 5 heteroatoms. The van der Waals surface area contributed by atoms with Gasteiger partial charge in [0, 0.05) is 16.1 Å². The number of ether oxygens (including phenoxy) is 1. The van der Waals surface area contributed by atoms with Crippen LogP contribution in [0.5, 0.6) is 5.75 Å². The van der Waals surface area contributed by atoms with Crippen molar-refractivity contribution in [3.05, 3.63) is 57.0 Å². The van der Waals surface area contributed by atoms with Crippen LogP contribution in [0.1, 0.15) is 15.9 Å². The molecule has 0 aliphatic rings. The number of methoxy groups -OCH3 is 1. The minimum atomic E-state index is -0.221. The van der Waals surface area contributed by atoms with E-state index in [-0.39, 0.29) is 5.91 Å². The summed E-state index contributed by atoms with van der Waals surface area (Å²) in [7, 11) is 1.56. The van der Waals surface area contributed by atoms with E-state index < -0.39 is 0 Å². The van der Waals surface area contributed by atoms with Crippen LogP contribution in [0.2, 0.25) is 5.02 Å². The summed E-state index contributed by atoms with van der Waals surface area (Å²) in [6.45, 7) is 1.96. The summed E-state index contributed by atoms with van der Waals surface area (Å²) < 4.78 is 6.01. The third-order valence-electron chi connectivity index (χ3n) is 2.86. The number of nitrogens with one attached hydrogen (secondary N) is 1. The summed E-state index contributed by atoms with van der Waals surface area (Å²) in [5.74, 6) is 0.413. The number of anilines is 1. The Morgan fingerprint density at radius 3 is 2.65 bits per heavy atom. The van der Waals surface area contributed by atoms with Crippen molar-refractivity contribution in [2.24, 2.45) is 0 Å². The SMILES string of the molecule is COc1ccc(Cl)c(NC(=O)c2ccc(C)c(Br)c2)c1. The Bertz CT molecular complexity index is 658. The Labute approximate surface area is 131 Å². The Balaban J connectivity index is 2.25. The highest BCUT2D eigenvalue weighted by molar-refractivity contribution is 9.10. The van der Waals surface area contributed by atoms with Gasteiger partial charge in [-0.25, -0.2) is 0 Å². The minimum absolute atomic E-state index is 0.221. The first-order valence-electron chi connectivity index (χ1n) is 5.92. The van der Waals surface area contributed by atoms with E-state index in [0.29, 0.717) is 22.0 Å². The zero-order valence-corrected chi connectivity index (χ0v) is 13.4. The summed E-state index contributed by atoms with van der Waals surface area (Å²) in [6.07, 6.45) is 0. The number of rotatable bonds is 3. The molecule has 2 rings (SSSR count). The maximum Gasteiger partial charge on any atom is 0.255 e. The molecule has 0 bridgehead atoms. The second-order valence-electron chi connectivity index (χ2n) is 4.26. The molecular weight excluding hydrogens is 342 g/mol. The summed E-state index contributed by atoms with van der Waals surface area (Å²) in [5, 5.41) is 3.24. The van der Waals surface area contributed by atoms with Crippen LogP contribution in [0.15, 0.2) is 40.9 Å². The lowest BCUT2D eigenvalue weighted by Crippen LogP contribution is -2.12. The number of halogens is 2. The lowest BCUT2D eigenvalue weighted by molar-refractivity contribution is 0.102. The average Bonchev–Trinajstić information content (AvgIpc) is 2.44. The Morgan fingerprint density at radius 1 is 1.25 bits per heavy atom. The molecule has 0 aliphatic heterocycles. The number of hydrogen-bond acceptors (Lipinski definition) is 2. The maximum absolute atomic E-state index is 12.2. The van der Waals surface area contributed by atoms with Crippen molar-refractivity contribution in [1.29, 1.82) is 0 Å². The largest absolute Gasteiger partial charge is 0.497 e. The molecule has 20 heavy (non-hydrogen) atoms. The van der Waals surface area contributed by atoms with Gasteiger partial charge in [0.15, 0.2) is 0 Å². The monoisotopic (exact) mass is 353 g/mol. The molecule has 2 aromatic carbocycles. The second-order valence-corrected chi connectivity index (χ2v) is 5.53. The van der Waals surface area contributed by atoms with E-state index in [0.717, 1.165) is 10.0 Å². The molecule has 0 aliphatic carbocycles. The molecule has 2 aromatic rings. The van der Waals surface area contributed by atoms with E-state index in [1.54, 1.807) is 37.4 Å². The van der Waals surface area contributed by atoms with Gasteiger partial charge in [-0.1, -0.05) is 33.6 Å². The highest BCUT2D eigenvalue weighted by atomic mass is 79.9. The molecule has 0 saturated carbocycles. The van der Waals surface area contributed by atoms with Crippen LogP contribution in [-0.2, 0) is 0 Å². The Morgan fingerprint density at radius 2 is 2.00 bits per heavy atom. The molecule has 0 heterocycles. The van der Waals surface area contributed by atoms with Gasteiger partial charge < -0.3 is 10.1 Å². The molecule has 0 saturated heterocycles. The Kier molecular flexibility index (Phi) is 4.68. The maximum atomic E-state index is 12.2. The van der Waals surface area contributed by atoms with Gasteiger partial charge in [0.05, 0.1) is 17.8 Å². The van der Waals surface area contributed by atoms with E-state index in [1.807, 2.05) is 13.0 Å². The van der Waals surface area contributed by atoms with Crippen molar-refractivity contribution < 1.29 is 9.53 Å². The van der Waals surface area contributed by atoms with Crippen LogP contribution in [0.25, 0.3) is 0 Å². The quantitative estimate of drug-likeness (QED) is 0.869. The normalized spacial score (nSPS) is 10.2. The standard InChI is InChI=1S/C15H13BrClNO2/c1-9-3-4-10(7-12(9)16)15(19)18-14-8-11(20-2)5-6-13(14)17/h3-8H,1-2H3,(H,18,19). The van der Waals surface area contributed by atoms with Gasteiger partial charge in [0.2, 0.25) is 0 Å². The first kappa shape index (κ1) is 14.9. The van der Waals surface area contributed by atoms with E-state index in [4.69, 9.17) is 16.3 Å².